The standard InChI is InChI=1S/C18H20N2O6S/c1-20(2)11-7-5-6-10(8-11)16(21)26-9-12-13(17(22)24-3)15(19)27-14(12)18(23)25-4/h5-8H,9,19H2,1-4H3. The molecule has 2 N–H and O–H groups in total. The van der Waals surface area contributed by atoms with Crippen molar-refractivity contribution in [1.29, 1.82) is 0 Å². The molecule has 1 aromatic heterocycles. The Bertz CT molecular complexity index is 875. The number of methoxy groups -OCH3 is 2. The van der Waals surface area contributed by atoms with Crippen LogP contribution in [-0.2, 0) is 20.8 Å². The summed E-state index contributed by atoms with van der Waals surface area (Å²) in [6.07, 6.45) is 0. The number of carbonyl (C=O) groups excluding carboxylic acids is 3. The van der Waals surface area contributed by atoms with E-state index in [1.165, 1.54) is 14.2 Å². The van der Waals surface area contributed by atoms with Gasteiger partial charge in [0.15, 0.2) is 0 Å². The molecular weight excluding hydrogens is 372 g/mol. The van der Waals surface area contributed by atoms with Crippen LogP contribution in [0, 0.1) is 0 Å². The Hall–Kier alpha value is -3.07. The second kappa shape index (κ2) is 8.54. The van der Waals surface area contributed by atoms with Crippen LogP contribution in [0.25, 0.3) is 0 Å². The van der Waals surface area contributed by atoms with E-state index in [0.717, 1.165) is 17.0 Å². The minimum atomic E-state index is -0.723. The molecule has 1 aromatic carbocycles. The Morgan fingerprint density at radius 3 is 2.33 bits per heavy atom. The summed E-state index contributed by atoms with van der Waals surface area (Å²) in [5, 5.41) is 0.0860. The minimum absolute atomic E-state index is 0.00209. The van der Waals surface area contributed by atoms with Crippen molar-refractivity contribution in [3.05, 3.63) is 45.8 Å². The maximum atomic E-state index is 12.4. The number of esters is 3. The molecule has 0 saturated heterocycles. The Balaban J connectivity index is 2.31. The van der Waals surface area contributed by atoms with Gasteiger partial charge in [0.2, 0.25) is 0 Å². The maximum absolute atomic E-state index is 12.4. The first-order valence-corrected chi connectivity index (χ1v) is 8.64. The molecule has 0 fully saturated rings. The van der Waals surface area contributed by atoms with Crippen molar-refractivity contribution >= 4 is 39.9 Å². The summed E-state index contributed by atoms with van der Waals surface area (Å²) in [5.41, 5.74) is 7.17. The largest absolute Gasteiger partial charge is 0.465 e. The lowest BCUT2D eigenvalue weighted by atomic mass is 10.1. The van der Waals surface area contributed by atoms with E-state index in [1.807, 2.05) is 25.1 Å². The summed E-state index contributed by atoms with van der Waals surface area (Å²) in [5.74, 6) is -2.00. The molecule has 2 aromatic rings. The molecule has 0 spiro atoms. The van der Waals surface area contributed by atoms with Crippen molar-refractivity contribution in [1.82, 2.24) is 0 Å². The third-order valence-electron chi connectivity index (χ3n) is 3.74. The topological polar surface area (TPSA) is 108 Å². The fraction of sp³-hybridized carbons (Fsp3) is 0.278. The van der Waals surface area contributed by atoms with Gasteiger partial charge in [0, 0.05) is 25.3 Å². The van der Waals surface area contributed by atoms with E-state index in [1.54, 1.807) is 18.2 Å². The van der Waals surface area contributed by atoms with Crippen molar-refractivity contribution in [2.45, 2.75) is 6.61 Å². The Morgan fingerprint density at radius 1 is 1.07 bits per heavy atom. The summed E-state index contributed by atoms with van der Waals surface area (Å²) in [6, 6.07) is 6.86. The van der Waals surface area contributed by atoms with Crippen LogP contribution in [0.3, 0.4) is 0 Å². The first-order valence-electron chi connectivity index (χ1n) is 7.82. The Labute approximate surface area is 160 Å². The highest BCUT2D eigenvalue weighted by Crippen LogP contribution is 2.33. The van der Waals surface area contributed by atoms with E-state index < -0.39 is 17.9 Å². The molecule has 0 aliphatic heterocycles. The van der Waals surface area contributed by atoms with Crippen molar-refractivity contribution in [2.24, 2.45) is 0 Å². The quantitative estimate of drug-likeness (QED) is 0.589. The molecule has 0 aliphatic carbocycles. The van der Waals surface area contributed by atoms with Crippen LogP contribution >= 0.6 is 11.3 Å². The molecule has 0 amide bonds. The van der Waals surface area contributed by atoms with Crippen LogP contribution in [0.5, 0.6) is 0 Å². The van der Waals surface area contributed by atoms with Crippen molar-refractivity contribution in [2.75, 3.05) is 38.9 Å². The number of hydrogen-bond donors (Lipinski definition) is 1. The van der Waals surface area contributed by atoms with Gasteiger partial charge >= 0.3 is 17.9 Å². The highest BCUT2D eigenvalue weighted by molar-refractivity contribution is 7.18. The van der Waals surface area contributed by atoms with Crippen LogP contribution in [0.15, 0.2) is 24.3 Å². The first-order chi connectivity index (χ1) is 12.8. The van der Waals surface area contributed by atoms with E-state index in [0.29, 0.717) is 5.56 Å². The Kier molecular flexibility index (Phi) is 6.40. The number of rotatable bonds is 6. The van der Waals surface area contributed by atoms with Gasteiger partial charge in [-0.3, -0.25) is 0 Å². The first kappa shape index (κ1) is 20.2. The van der Waals surface area contributed by atoms with E-state index in [2.05, 4.69) is 0 Å². The van der Waals surface area contributed by atoms with Gasteiger partial charge < -0.3 is 24.8 Å². The monoisotopic (exact) mass is 392 g/mol. The van der Waals surface area contributed by atoms with Crippen LogP contribution < -0.4 is 10.6 Å². The number of anilines is 2. The number of benzene rings is 1. The average molecular weight is 392 g/mol. The molecule has 27 heavy (non-hydrogen) atoms. The molecule has 0 radical (unpaired) electrons. The third kappa shape index (κ3) is 4.37. The van der Waals surface area contributed by atoms with Crippen LogP contribution in [-0.4, -0.2) is 46.2 Å². The molecule has 0 atom stereocenters. The Morgan fingerprint density at radius 2 is 1.74 bits per heavy atom. The number of ether oxygens (including phenoxy) is 3. The second-order valence-corrected chi connectivity index (χ2v) is 6.71. The van der Waals surface area contributed by atoms with E-state index in [4.69, 9.17) is 19.9 Å². The summed E-state index contributed by atoms with van der Waals surface area (Å²) >= 11 is 0.876. The van der Waals surface area contributed by atoms with Gasteiger partial charge in [0.25, 0.3) is 0 Å². The number of hydrogen-bond acceptors (Lipinski definition) is 9. The molecule has 0 saturated carbocycles. The lowest BCUT2D eigenvalue weighted by Crippen LogP contribution is -2.13. The number of nitrogens with two attached hydrogens (primary N) is 1. The lowest BCUT2D eigenvalue weighted by Gasteiger charge is -2.13. The molecule has 144 valence electrons. The number of nitrogens with zero attached hydrogens (tertiary/aromatic N) is 1. The van der Waals surface area contributed by atoms with Gasteiger partial charge in [-0.05, 0) is 18.2 Å². The van der Waals surface area contributed by atoms with E-state index >= 15 is 0 Å². The molecule has 8 nitrogen and oxygen atoms in total. The molecule has 9 heteroatoms. The summed E-state index contributed by atoms with van der Waals surface area (Å²) in [7, 11) is 6.10. The van der Waals surface area contributed by atoms with Gasteiger partial charge in [-0.25, -0.2) is 14.4 Å². The van der Waals surface area contributed by atoms with Gasteiger partial charge in [-0.2, -0.15) is 0 Å². The molecular formula is C18H20N2O6S. The van der Waals surface area contributed by atoms with Crippen LogP contribution in [0.1, 0.15) is 36.0 Å². The van der Waals surface area contributed by atoms with Crippen LogP contribution in [0.2, 0.25) is 0 Å². The summed E-state index contributed by atoms with van der Waals surface area (Å²) in [4.78, 5) is 38.3. The second-order valence-electron chi connectivity index (χ2n) is 5.65. The predicted molar refractivity (Wildman–Crippen MR) is 101 cm³/mol. The minimum Gasteiger partial charge on any atom is -0.465 e. The summed E-state index contributed by atoms with van der Waals surface area (Å²) in [6.45, 7) is -0.326. The zero-order valence-corrected chi connectivity index (χ0v) is 16.2. The fourth-order valence-corrected chi connectivity index (χ4v) is 3.32. The molecule has 0 unspecified atom stereocenters. The molecule has 1 heterocycles. The van der Waals surface area contributed by atoms with Crippen molar-refractivity contribution in [3.8, 4) is 0 Å². The van der Waals surface area contributed by atoms with Gasteiger partial charge in [0.1, 0.15) is 22.0 Å². The number of carbonyl (C=O) groups is 3. The zero-order chi connectivity index (χ0) is 20.1. The normalized spacial score (nSPS) is 10.2. The zero-order valence-electron chi connectivity index (χ0n) is 15.4. The van der Waals surface area contributed by atoms with Crippen LogP contribution in [0.4, 0.5) is 10.7 Å². The highest BCUT2D eigenvalue weighted by atomic mass is 32.1. The van der Waals surface area contributed by atoms with E-state index in [-0.39, 0.29) is 27.6 Å². The SMILES string of the molecule is COC(=O)c1sc(N)c(C(=O)OC)c1COC(=O)c1cccc(N(C)C)c1. The highest BCUT2D eigenvalue weighted by Gasteiger charge is 2.28. The van der Waals surface area contributed by atoms with Gasteiger partial charge in [0.05, 0.1) is 19.8 Å². The number of thiophene rings is 1. The molecule has 0 aliphatic rings. The van der Waals surface area contributed by atoms with Gasteiger partial charge in [-0.1, -0.05) is 6.07 Å². The lowest BCUT2D eigenvalue weighted by molar-refractivity contribution is 0.0452. The molecule has 0 bridgehead atoms. The average Bonchev–Trinajstić information content (AvgIpc) is 3.00. The molecule has 2 rings (SSSR count). The smallest absolute Gasteiger partial charge is 0.348 e. The third-order valence-corrected chi connectivity index (χ3v) is 4.78. The van der Waals surface area contributed by atoms with Gasteiger partial charge in [-0.15, -0.1) is 11.3 Å². The summed E-state index contributed by atoms with van der Waals surface area (Å²) < 4.78 is 14.7. The number of nitrogen functional groups attached to an aromatic ring is 1. The van der Waals surface area contributed by atoms with Crippen molar-refractivity contribution in [3.63, 3.8) is 0 Å². The van der Waals surface area contributed by atoms with E-state index in [9.17, 15) is 14.4 Å². The maximum Gasteiger partial charge on any atom is 0.348 e. The van der Waals surface area contributed by atoms with Crippen molar-refractivity contribution < 1.29 is 28.6 Å². The predicted octanol–water partition coefficient (Wildman–Crippen LogP) is 2.33. The fourth-order valence-electron chi connectivity index (χ4n) is 2.34.